The van der Waals surface area contributed by atoms with Gasteiger partial charge in [-0.2, -0.15) is 8.78 Å². The summed E-state index contributed by atoms with van der Waals surface area (Å²) in [6.07, 6.45) is 11.9. The number of benzene rings is 2. The largest absolute Gasteiger partial charge is 0.360 e. The van der Waals surface area contributed by atoms with Gasteiger partial charge < -0.3 is 4.74 Å². The first-order valence-electron chi connectivity index (χ1n) is 14.6. The highest BCUT2D eigenvalue weighted by molar-refractivity contribution is 5.27. The topological polar surface area (TPSA) is 9.23 Å². The number of rotatable bonds is 11. The first kappa shape index (κ1) is 27.3. The Labute approximate surface area is 218 Å². The fraction of sp³-hybridized carbons (Fsp3) is 0.636. The predicted octanol–water partition coefficient (Wildman–Crippen LogP) is 10.2. The zero-order valence-corrected chi connectivity index (χ0v) is 22.5. The first-order valence-corrected chi connectivity index (χ1v) is 14.6. The normalized spacial score (nSPS) is 25.1. The third kappa shape index (κ3) is 7.88. The summed E-state index contributed by atoms with van der Waals surface area (Å²) in [5.74, 6) is 2.97. The minimum Gasteiger partial charge on any atom is -0.315 e. The highest BCUT2D eigenvalue weighted by Crippen LogP contribution is 2.39. The van der Waals surface area contributed by atoms with Crippen LogP contribution >= 0.6 is 0 Å². The molecule has 0 aliphatic heterocycles. The van der Waals surface area contributed by atoms with E-state index in [1.165, 1.54) is 88.2 Å². The zero-order valence-electron chi connectivity index (χ0n) is 22.5. The molecule has 198 valence electrons. The highest BCUT2D eigenvalue weighted by Gasteiger charge is 2.31. The molecule has 2 fully saturated rings. The van der Waals surface area contributed by atoms with Crippen LogP contribution < -0.4 is 0 Å². The molecule has 0 radical (unpaired) electrons. The summed E-state index contributed by atoms with van der Waals surface area (Å²) in [4.78, 5) is 0. The summed E-state index contributed by atoms with van der Waals surface area (Å²) in [5.41, 5.74) is 4.10. The summed E-state index contributed by atoms with van der Waals surface area (Å²) in [5, 5.41) is 0. The third-order valence-corrected chi connectivity index (χ3v) is 8.85. The van der Waals surface area contributed by atoms with E-state index in [2.05, 4.69) is 38.1 Å². The quantitative estimate of drug-likeness (QED) is 0.301. The van der Waals surface area contributed by atoms with E-state index >= 15 is 0 Å². The van der Waals surface area contributed by atoms with Crippen molar-refractivity contribution in [3.8, 4) is 0 Å². The molecule has 0 atom stereocenters. The summed E-state index contributed by atoms with van der Waals surface area (Å²) in [6, 6.07) is 16.0. The molecular weight excluding hydrogens is 450 g/mol. The van der Waals surface area contributed by atoms with E-state index in [4.69, 9.17) is 4.74 Å². The second-order valence-corrected chi connectivity index (χ2v) is 11.6. The Balaban J connectivity index is 1.22. The van der Waals surface area contributed by atoms with Crippen LogP contribution in [0.4, 0.5) is 8.78 Å². The van der Waals surface area contributed by atoms with Gasteiger partial charge in [0.05, 0.1) is 13.0 Å². The van der Waals surface area contributed by atoms with Crippen molar-refractivity contribution in [3.63, 3.8) is 0 Å². The summed E-state index contributed by atoms with van der Waals surface area (Å²) in [6.45, 7) is 4.47. The maximum atomic E-state index is 14.6. The number of halogens is 2. The lowest BCUT2D eigenvalue weighted by Crippen LogP contribution is -2.23. The first-order chi connectivity index (χ1) is 17.5. The Morgan fingerprint density at radius 1 is 0.639 bits per heavy atom. The molecule has 4 rings (SSSR count). The van der Waals surface area contributed by atoms with Crippen molar-refractivity contribution in [2.24, 2.45) is 11.8 Å². The lowest BCUT2D eigenvalue weighted by molar-refractivity contribution is -0.244. The lowest BCUT2D eigenvalue weighted by atomic mass is 9.77. The number of ether oxygens (including phenoxy) is 1. The molecule has 0 spiro atoms. The number of hydrogen-bond donors (Lipinski definition) is 0. The van der Waals surface area contributed by atoms with E-state index in [1.807, 2.05) is 24.3 Å². The summed E-state index contributed by atoms with van der Waals surface area (Å²) >= 11 is 0. The van der Waals surface area contributed by atoms with Crippen LogP contribution in [-0.2, 0) is 17.8 Å². The second kappa shape index (κ2) is 13.2. The van der Waals surface area contributed by atoms with Crippen molar-refractivity contribution in [3.05, 3.63) is 70.8 Å². The number of alkyl halides is 2. The van der Waals surface area contributed by atoms with Gasteiger partial charge in [-0.3, -0.25) is 0 Å². The van der Waals surface area contributed by atoms with Gasteiger partial charge in [0.1, 0.15) is 0 Å². The maximum absolute atomic E-state index is 14.6. The van der Waals surface area contributed by atoms with Crippen LogP contribution in [0.1, 0.15) is 125 Å². The maximum Gasteiger partial charge on any atom is 0.360 e. The van der Waals surface area contributed by atoms with Crippen LogP contribution in [0.3, 0.4) is 0 Å². The van der Waals surface area contributed by atoms with E-state index in [-0.39, 0.29) is 13.0 Å². The van der Waals surface area contributed by atoms with Gasteiger partial charge >= 0.3 is 6.11 Å². The molecule has 1 nitrogen and oxygen atoms in total. The molecule has 0 saturated heterocycles. The van der Waals surface area contributed by atoms with E-state index in [0.29, 0.717) is 17.4 Å². The molecule has 0 aromatic heterocycles. The molecule has 0 heterocycles. The Kier molecular flexibility index (Phi) is 9.99. The average Bonchev–Trinajstić information content (AvgIpc) is 2.90. The monoisotopic (exact) mass is 496 g/mol. The molecule has 0 unspecified atom stereocenters. The molecular formula is C33H46F2O. The molecule has 2 aromatic carbocycles. The Morgan fingerprint density at radius 3 is 1.47 bits per heavy atom. The number of hydrogen-bond acceptors (Lipinski definition) is 1. The van der Waals surface area contributed by atoms with Gasteiger partial charge in [0.15, 0.2) is 0 Å². The van der Waals surface area contributed by atoms with Crippen molar-refractivity contribution < 1.29 is 13.5 Å². The van der Waals surface area contributed by atoms with Gasteiger partial charge in [0.2, 0.25) is 0 Å². The molecule has 2 aromatic rings. The molecule has 2 aliphatic carbocycles. The molecule has 0 amide bonds. The summed E-state index contributed by atoms with van der Waals surface area (Å²) in [7, 11) is 0. The van der Waals surface area contributed by atoms with Crippen LogP contribution in [0.2, 0.25) is 0 Å². The van der Waals surface area contributed by atoms with Gasteiger partial charge in [-0.05, 0) is 97.3 Å². The van der Waals surface area contributed by atoms with Gasteiger partial charge in [0, 0.05) is 0 Å². The smallest absolute Gasteiger partial charge is 0.315 e. The Bertz CT molecular complexity index is 888. The van der Waals surface area contributed by atoms with E-state index in [1.54, 1.807) is 0 Å². The van der Waals surface area contributed by atoms with Crippen molar-refractivity contribution in [2.45, 2.75) is 122 Å². The van der Waals surface area contributed by atoms with E-state index in [9.17, 15) is 8.78 Å². The average molecular weight is 497 g/mol. The molecule has 0 bridgehead atoms. The standard InChI is InChI=1S/C33H46F2O/c1-3-5-25-7-15-29(16-8-25)31-19-11-27(12-20-31)23-33(34,35)36-24-28-13-21-32(22-14-28)30-17-9-26(6-4-2)10-18-30/h11-14,19-22,25-26,29-30H,3-10,15-18,23-24H2,1-2H3. The molecule has 3 heteroatoms. The minimum atomic E-state index is -3.17. The Morgan fingerprint density at radius 2 is 1.06 bits per heavy atom. The lowest BCUT2D eigenvalue weighted by Gasteiger charge is -2.29. The SMILES string of the molecule is CCCC1CCC(c2ccc(COC(F)(F)Cc3ccc(C4CCC(CCC)CC4)cc3)cc2)CC1. The van der Waals surface area contributed by atoms with Gasteiger partial charge in [-0.1, -0.05) is 88.1 Å². The molecule has 2 aliphatic rings. The minimum absolute atomic E-state index is 0.0599. The van der Waals surface area contributed by atoms with Crippen molar-refractivity contribution in [1.82, 2.24) is 0 Å². The van der Waals surface area contributed by atoms with Crippen LogP contribution in [0.5, 0.6) is 0 Å². The second-order valence-electron chi connectivity index (χ2n) is 11.6. The van der Waals surface area contributed by atoms with Gasteiger partial charge in [-0.15, -0.1) is 0 Å². The van der Waals surface area contributed by atoms with Crippen molar-refractivity contribution >= 4 is 0 Å². The van der Waals surface area contributed by atoms with Gasteiger partial charge in [-0.25, -0.2) is 0 Å². The molecule has 2 saturated carbocycles. The molecule has 0 N–H and O–H groups in total. The van der Waals surface area contributed by atoms with Crippen LogP contribution in [0, 0.1) is 11.8 Å². The highest BCUT2D eigenvalue weighted by atomic mass is 19.3. The summed E-state index contributed by atoms with van der Waals surface area (Å²) < 4.78 is 34.3. The van der Waals surface area contributed by atoms with Gasteiger partial charge in [0.25, 0.3) is 0 Å². The fourth-order valence-electron chi connectivity index (χ4n) is 6.66. The fourth-order valence-corrected chi connectivity index (χ4v) is 6.66. The van der Waals surface area contributed by atoms with Crippen molar-refractivity contribution in [1.29, 1.82) is 0 Å². The van der Waals surface area contributed by atoms with E-state index < -0.39 is 6.11 Å². The van der Waals surface area contributed by atoms with E-state index in [0.717, 1.165) is 17.4 Å². The van der Waals surface area contributed by atoms with Crippen LogP contribution in [0.15, 0.2) is 48.5 Å². The zero-order chi connectivity index (χ0) is 25.4. The third-order valence-electron chi connectivity index (χ3n) is 8.85. The van der Waals surface area contributed by atoms with Crippen LogP contribution in [0.25, 0.3) is 0 Å². The molecule has 36 heavy (non-hydrogen) atoms. The predicted molar refractivity (Wildman–Crippen MR) is 146 cm³/mol. The van der Waals surface area contributed by atoms with Crippen LogP contribution in [-0.4, -0.2) is 6.11 Å². The van der Waals surface area contributed by atoms with Crippen molar-refractivity contribution in [2.75, 3.05) is 0 Å². The Hall–Kier alpha value is -1.74.